The molecule has 1 atom stereocenters. The molecule has 0 aliphatic heterocycles. The van der Waals surface area contributed by atoms with Crippen LogP contribution in [0, 0.1) is 0 Å². The van der Waals surface area contributed by atoms with E-state index in [0.717, 1.165) is 10.9 Å². The molecule has 0 heterocycles. The lowest BCUT2D eigenvalue weighted by Gasteiger charge is -2.19. The van der Waals surface area contributed by atoms with Crippen molar-refractivity contribution in [2.24, 2.45) is 0 Å². The second kappa shape index (κ2) is 5.22. The quantitative estimate of drug-likeness (QED) is 0.811. The van der Waals surface area contributed by atoms with Crippen LogP contribution >= 0.6 is 8.81 Å². The van der Waals surface area contributed by atoms with Gasteiger partial charge in [0.1, 0.15) is 0 Å². The summed E-state index contributed by atoms with van der Waals surface area (Å²) in [5.74, 6) is 0. The molecule has 2 rings (SSSR count). The van der Waals surface area contributed by atoms with Crippen LogP contribution in [-0.4, -0.2) is 4.89 Å². The Balaban J connectivity index is 2.41. The number of hydrogen-bond acceptors (Lipinski definition) is 1. The SMILES string of the molecule is CC(C)(C)c1ccc(-c2ccccc2PO)cc1. The molecule has 0 radical (unpaired) electrons. The maximum Gasteiger partial charge on any atom is 0.0426 e. The third kappa shape index (κ3) is 2.80. The highest BCUT2D eigenvalue weighted by molar-refractivity contribution is 7.41. The maximum atomic E-state index is 9.39. The fourth-order valence-corrected chi connectivity index (χ4v) is 2.50. The topological polar surface area (TPSA) is 20.2 Å². The third-order valence-electron chi connectivity index (χ3n) is 3.11. The minimum absolute atomic E-state index is 0.159. The van der Waals surface area contributed by atoms with Gasteiger partial charge in [-0.05, 0) is 22.1 Å². The van der Waals surface area contributed by atoms with E-state index in [2.05, 4.69) is 51.1 Å². The van der Waals surface area contributed by atoms with E-state index in [4.69, 9.17) is 0 Å². The lowest BCUT2D eigenvalue weighted by Crippen LogP contribution is -2.10. The van der Waals surface area contributed by atoms with Crippen LogP contribution in [0.1, 0.15) is 26.3 Å². The number of rotatable bonds is 2. The number of hydrogen-bond donors (Lipinski definition) is 1. The van der Waals surface area contributed by atoms with Crippen molar-refractivity contribution in [2.45, 2.75) is 26.2 Å². The van der Waals surface area contributed by atoms with Crippen LogP contribution in [0.5, 0.6) is 0 Å². The molecule has 2 heteroatoms. The molecule has 2 aromatic rings. The Kier molecular flexibility index (Phi) is 3.85. The van der Waals surface area contributed by atoms with Crippen molar-refractivity contribution in [1.29, 1.82) is 0 Å². The van der Waals surface area contributed by atoms with Gasteiger partial charge in [0.2, 0.25) is 0 Å². The lowest BCUT2D eigenvalue weighted by atomic mass is 9.86. The fourth-order valence-electron chi connectivity index (χ4n) is 1.98. The van der Waals surface area contributed by atoms with Crippen molar-refractivity contribution in [3.05, 3.63) is 54.1 Å². The van der Waals surface area contributed by atoms with E-state index in [1.165, 1.54) is 11.1 Å². The Hall–Kier alpha value is -1.17. The Morgan fingerprint density at radius 2 is 1.50 bits per heavy atom. The van der Waals surface area contributed by atoms with Crippen molar-refractivity contribution in [3.63, 3.8) is 0 Å². The Labute approximate surface area is 111 Å². The van der Waals surface area contributed by atoms with Gasteiger partial charge in [0.25, 0.3) is 0 Å². The second-order valence-electron chi connectivity index (χ2n) is 5.48. The van der Waals surface area contributed by atoms with Crippen LogP contribution < -0.4 is 5.30 Å². The summed E-state index contributed by atoms with van der Waals surface area (Å²) in [4.78, 5) is 9.39. The summed E-state index contributed by atoms with van der Waals surface area (Å²) in [6, 6.07) is 16.6. The molecule has 1 unspecified atom stereocenters. The first-order valence-corrected chi connectivity index (χ1v) is 7.07. The Bertz CT molecular complexity index is 524. The first-order valence-electron chi connectivity index (χ1n) is 6.12. The van der Waals surface area contributed by atoms with E-state index in [-0.39, 0.29) is 14.2 Å². The molecule has 0 fully saturated rings. The molecule has 1 nitrogen and oxygen atoms in total. The number of benzene rings is 2. The van der Waals surface area contributed by atoms with E-state index in [1.807, 2.05) is 18.2 Å². The van der Waals surface area contributed by atoms with E-state index < -0.39 is 0 Å². The fraction of sp³-hybridized carbons (Fsp3) is 0.250. The van der Waals surface area contributed by atoms with Crippen LogP contribution in [0.3, 0.4) is 0 Å². The van der Waals surface area contributed by atoms with E-state index in [9.17, 15) is 4.89 Å². The molecular weight excluding hydrogens is 239 g/mol. The molecule has 0 bridgehead atoms. The van der Waals surface area contributed by atoms with Crippen LogP contribution in [0.15, 0.2) is 48.5 Å². The van der Waals surface area contributed by atoms with Crippen molar-refractivity contribution in [2.75, 3.05) is 0 Å². The van der Waals surface area contributed by atoms with Crippen molar-refractivity contribution in [1.82, 2.24) is 0 Å². The molecule has 0 amide bonds. The summed E-state index contributed by atoms with van der Waals surface area (Å²) < 4.78 is 0. The normalized spacial score (nSPS) is 12.2. The Morgan fingerprint density at radius 3 is 2.06 bits per heavy atom. The summed E-state index contributed by atoms with van der Waals surface area (Å²) in [6.45, 7) is 6.64. The zero-order valence-electron chi connectivity index (χ0n) is 11.1. The zero-order chi connectivity index (χ0) is 13.2. The minimum atomic E-state index is -0.159. The van der Waals surface area contributed by atoms with E-state index in [0.29, 0.717) is 0 Å². The van der Waals surface area contributed by atoms with Gasteiger partial charge in [-0.3, -0.25) is 0 Å². The highest BCUT2D eigenvalue weighted by Crippen LogP contribution is 2.26. The molecule has 94 valence electrons. The average Bonchev–Trinajstić information content (AvgIpc) is 2.38. The highest BCUT2D eigenvalue weighted by atomic mass is 31.1. The molecular formula is C16H19OP. The van der Waals surface area contributed by atoms with Crippen molar-refractivity contribution >= 4 is 14.1 Å². The smallest absolute Gasteiger partial charge is 0.0426 e. The molecule has 18 heavy (non-hydrogen) atoms. The van der Waals surface area contributed by atoms with Gasteiger partial charge in [-0.2, -0.15) is 0 Å². The van der Waals surface area contributed by atoms with Crippen LogP contribution in [0.25, 0.3) is 11.1 Å². The van der Waals surface area contributed by atoms with Crippen molar-refractivity contribution < 1.29 is 4.89 Å². The predicted octanol–water partition coefficient (Wildman–Crippen LogP) is 3.86. The maximum absolute atomic E-state index is 9.39. The monoisotopic (exact) mass is 258 g/mol. The highest BCUT2D eigenvalue weighted by Gasteiger charge is 2.13. The largest absolute Gasteiger partial charge is 0.372 e. The molecule has 0 saturated carbocycles. The molecule has 0 aliphatic rings. The van der Waals surface area contributed by atoms with Gasteiger partial charge in [-0.15, -0.1) is 0 Å². The van der Waals surface area contributed by atoms with Crippen LogP contribution in [0.4, 0.5) is 0 Å². The van der Waals surface area contributed by atoms with Crippen LogP contribution in [-0.2, 0) is 5.41 Å². The van der Waals surface area contributed by atoms with Gasteiger partial charge in [0.15, 0.2) is 0 Å². The lowest BCUT2D eigenvalue weighted by molar-refractivity contribution is 0.590. The van der Waals surface area contributed by atoms with Gasteiger partial charge in [-0.25, -0.2) is 0 Å². The Morgan fingerprint density at radius 1 is 0.889 bits per heavy atom. The van der Waals surface area contributed by atoms with Gasteiger partial charge < -0.3 is 4.89 Å². The predicted molar refractivity (Wildman–Crippen MR) is 80.7 cm³/mol. The molecule has 0 aromatic heterocycles. The standard InChI is InChI=1S/C16H19OP/c1-16(2,3)13-10-8-12(9-11-13)14-6-4-5-7-15(14)18-17/h4-11,17-18H,1-3H3. The summed E-state index contributed by atoms with van der Waals surface area (Å²) in [5.41, 5.74) is 3.80. The summed E-state index contributed by atoms with van der Waals surface area (Å²) >= 11 is 0. The second-order valence-corrected chi connectivity index (χ2v) is 6.25. The van der Waals surface area contributed by atoms with Gasteiger partial charge in [0, 0.05) is 14.1 Å². The zero-order valence-corrected chi connectivity index (χ0v) is 12.1. The molecule has 0 spiro atoms. The first-order chi connectivity index (χ1) is 8.52. The molecule has 0 aliphatic carbocycles. The van der Waals surface area contributed by atoms with E-state index in [1.54, 1.807) is 0 Å². The summed E-state index contributed by atoms with van der Waals surface area (Å²) in [5, 5.41) is 1.00. The van der Waals surface area contributed by atoms with Gasteiger partial charge in [-0.1, -0.05) is 69.3 Å². The minimum Gasteiger partial charge on any atom is -0.372 e. The molecule has 2 aromatic carbocycles. The van der Waals surface area contributed by atoms with Crippen molar-refractivity contribution in [3.8, 4) is 11.1 Å². The van der Waals surface area contributed by atoms with Gasteiger partial charge >= 0.3 is 0 Å². The average molecular weight is 258 g/mol. The first kappa shape index (κ1) is 13.3. The summed E-state index contributed by atoms with van der Waals surface area (Å²) in [6.07, 6.45) is 0. The third-order valence-corrected chi connectivity index (χ3v) is 3.79. The van der Waals surface area contributed by atoms with Crippen LogP contribution in [0.2, 0.25) is 0 Å². The van der Waals surface area contributed by atoms with Gasteiger partial charge in [0.05, 0.1) is 0 Å². The molecule has 0 saturated heterocycles. The summed E-state index contributed by atoms with van der Waals surface area (Å²) in [7, 11) is -0.159. The molecule has 1 N–H and O–H groups in total. The van der Waals surface area contributed by atoms with E-state index >= 15 is 0 Å².